The van der Waals surface area contributed by atoms with Gasteiger partial charge in [0.15, 0.2) is 6.61 Å². The number of aryl methyl sites for hydroxylation is 3. The van der Waals surface area contributed by atoms with Gasteiger partial charge in [-0.05, 0) is 44.4 Å². The molecule has 22 heavy (non-hydrogen) atoms. The van der Waals surface area contributed by atoms with Gasteiger partial charge in [0, 0.05) is 0 Å². The van der Waals surface area contributed by atoms with Crippen LogP contribution in [0.5, 0.6) is 5.75 Å². The van der Waals surface area contributed by atoms with Gasteiger partial charge in [-0.3, -0.25) is 4.79 Å². The number of benzene rings is 2. The summed E-state index contributed by atoms with van der Waals surface area (Å²) >= 11 is 0. The summed E-state index contributed by atoms with van der Waals surface area (Å²) in [5.74, 6) is 0.684. The van der Waals surface area contributed by atoms with Crippen LogP contribution in [0, 0.1) is 20.8 Å². The molecule has 0 aromatic heterocycles. The molecule has 0 radical (unpaired) electrons. The second-order valence-electron chi connectivity index (χ2n) is 5.72. The first-order chi connectivity index (χ1) is 10.5. The molecule has 0 aliphatic heterocycles. The minimum atomic E-state index is -0.115. The lowest BCUT2D eigenvalue weighted by atomic mass is 10.1. The SMILES string of the molecule is Cc1cc(C)c(OCC(=O)N[C@@H](C)c2ccccc2)c(C)c1. The Balaban J connectivity index is 1.94. The summed E-state index contributed by atoms with van der Waals surface area (Å²) in [5, 5.41) is 2.95. The summed E-state index contributed by atoms with van der Waals surface area (Å²) in [6, 6.07) is 14.0. The molecular weight excluding hydrogens is 274 g/mol. The lowest BCUT2D eigenvalue weighted by Gasteiger charge is -2.16. The number of hydrogen-bond acceptors (Lipinski definition) is 2. The molecule has 0 aliphatic carbocycles. The Morgan fingerprint density at radius 2 is 1.68 bits per heavy atom. The van der Waals surface area contributed by atoms with Crippen molar-refractivity contribution in [2.24, 2.45) is 0 Å². The van der Waals surface area contributed by atoms with Gasteiger partial charge in [-0.25, -0.2) is 0 Å². The van der Waals surface area contributed by atoms with E-state index in [0.717, 1.165) is 22.4 Å². The number of nitrogens with one attached hydrogen (secondary N) is 1. The molecule has 1 N–H and O–H groups in total. The Hall–Kier alpha value is -2.29. The van der Waals surface area contributed by atoms with Crippen LogP contribution in [0.3, 0.4) is 0 Å². The van der Waals surface area contributed by atoms with E-state index in [4.69, 9.17) is 4.74 Å². The van der Waals surface area contributed by atoms with Crippen molar-refractivity contribution in [2.45, 2.75) is 33.7 Å². The molecule has 0 unspecified atom stereocenters. The summed E-state index contributed by atoms with van der Waals surface area (Å²) in [5.41, 5.74) is 4.39. The predicted octanol–water partition coefficient (Wildman–Crippen LogP) is 3.87. The van der Waals surface area contributed by atoms with E-state index in [2.05, 4.69) is 24.4 Å². The average Bonchev–Trinajstić information content (AvgIpc) is 2.47. The molecule has 1 amide bonds. The molecule has 0 aliphatic rings. The molecule has 3 nitrogen and oxygen atoms in total. The van der Waals surface area contributed by atoms with Crippen molar-refractivity contribution in [3.05, 3.63) is 64.7 Å². The minimum absolute atomic E-state index is 0.0297. The normalized spacial score (nSPS) is 11.8. The Bertz CT molecular complexity index is 627. The molecule has 0 saturated carbocycles. The van der Waals surface area contributed by atoms with E-state index >= 15 is 0 Å². The zero-order valence-corrected chi connectivity index (χ0v) is 13.6. The molecule has 3 heteroatoms. The lowest BCUT2D eigenvalue weighted by molar-refractivity contribution is -0.123. The molecule has 0 heterocycles. The second-order valence-corrected chi connectivity index (χ2v) is 5.72. The van der Waals surface area contributed by atoms with Gasteiger partial charge in [0.25, 0.3) is 5.91 Å². The number of rotatable bonds is 5. The molecule has 0 fully saturated rings. The Kier molecular flexibility index (Phi) is 5.21. The number of amides is 1. The molecule has 2 rings (SSSR count). The van der Waals surface area contributed by atoms with Crippen LogP contribution in [-0.2, 0) is 4.79 Å². The largest absolute Gasteiger partial charge is 0.483 e. The Morgan fingerprint density at radius 3 is 2.27 bits per heavy atom. The van der Waals surface area contributed by atoms with E-state index in [9.17, 15) is 4.79 Å². The maximum Gasteiger partial charge on any atom is 0.258 e. The fourth-order valence-electron chi connectivity index (χ4n) is 2.64. The van der Waals surface area contributed by atoms with Crippen molar-refractivity contribution in [1.82, 2.24) is 5.32 Å². The van der Waals surface area contributed by atoms with Crippen LogP contribution >= 0.6 is 0 Å². The molecule has 1 atom stereocenters. The Labute approximate surface area is 132 Å². The Morgan fingerprint density at radius 1 is 1.09 bits per heavy atom. The van der Waals surface area contributed by atoms with Crippen LogP contribution in [-0.4, -0.2) is 12.5 Å². The maximum absolute atomic E-state index is 12.1. The zero-order chi connectivity index (χ0) is 16.1. The number of carbonyl (C=O) groups is 1. The first-order valence-corrected chi connectivity index (χ1v) is 7.52. The van der Waals surface area contributed by atoms with Crippen LogP contribution < -0.4 is 10.1 Å². The summed E-state index contributed by atoms with van der Waals surface area (Å²) in [6.07, 6.45) is 0. The van der Waals surface area contributed by atoms with Gasteiger partial charge < -0.3 is 10.1 Å². The molecule has 2 aromatic rings. The number of hydrogen-bond donors (Lipinski definition) is 1. The van der Waals surface area contributed by atoms with Crippen LogP contribution in [0.2, 0.25) is 0 Å². The summed E-state index contributed by atoms with van der Waals surface area (Å²) in [6.45, 7) is 8.05. The smallest absolute Gasteiger partial charge is 0.258 e. The third-order valence-corrected chi connectivity index (χ3v) is 3.63. The molecule has 0 bridgehead atoms. The molecule has 0 spiro atoms. The summed E-state index contributed by atoms with van der Waals surface area (Å²) < 4.78 is 5.71. The van der Waals surface area contributed by atoms with Gasteiger partial charge in [0.2, 0.25) is 0 Å². The highest BCUT2D eigenvalue weighted by molar-refractivity contribution is 5.78. The van der Waals surface area contributed by atoms with E-state index < -0.39 is 0 Å². The van der Waals surface area contributed by atoms with E-state index in [1.807, 2.05) is 51.1 Å². The highest BCUT2D eigenvalue weighted by atomic mass is 16.5. The topological polar surface area (TPSA) is 38.3 Å². The van der Waals surface area contributed by atoms with Crippen molar-refractivity contribution >= 4 is 5.91 Å². The average molecular weight is 297 g/mol. The van der Waals surface area contributed by atoms with E-state index in [1.165, 1.54) is 5.56 Å². The van der Waals surface area contributed by atoms with Gasteiger partial charge in [-0.2, -0.15) is 0 Å². The predicted molar refractivity (Wildman–Crippen MR) is 89.1 cm³/mol. The van der Waals surface area contributed by atoms with E-state index in [0.29, 0.717) is 0 Å². The summed E-state index contributed by atoms with van der Waals surface area (Å²) in [7, 11) is 0. The first kappa shape index (κ1) is 16.1. The fourth-order valence-corrected chi connectivity index (χ4v) is 2.64. The quantitative estimate of drug-likeness (QED) is 0.910. The number of ether oxygens (including phenoxy) is 1. The van der Waals surface area contributed by atoms with Crippen molar-refractivity contribution in [3.8, 4) is 5.75 Å². The van der Waals surface area contributed by atoms with Gasteiger partial charge in [0.1, 0.15) is 5.75 Å². The maximum atomic E-state index is 12.1. The van der Waals surface area contributed by atoms with E-state index in [1.54, 1.807) is 0 Å². The summed E-state index contributed by atoms with van der Waals surface area (Å²) in [4.78, 5) is 12.1. The van der Waals surface area contributed by atoms with Crippen LogP contribution in [0.25, 0.3) is 0 Å². The molecule has 0 saturated heterocycles. The van der Waals surface area contributed by atoms with Crippen LogP contribution in [0.15, 0.2) is 42.5 Å². The van der Waals surface area contributed by atoms with Gasteiger partial charge in [0.05, 0.1) is 6.04 Å². The fraction of sp³-hybridized carbons (Fsp3) is 0.316. The lowest BCUT2D eigenvalue weighted by Crippen LogP contribution is -2.31. The monoisotopic (exact) mass is 297 g/mol. The highest BCUT2D eigenvalue weighted by Crippen LogP contribution is 2.24. The third-order valence-electron chi connectivity index (χ3n) is 3.63. The third kappa shape index (κ3) is 4.10. The molecular formula is C19H23NO2. The minimum Gasteiger partial charge on any atom is -0.483 e. The van der Waals surface area contributed by atoms with Crippen LogP contribution in [0.1, 0.15) is 35.2 Å². The zero-order valence-electron chi connectivity index (χ0n) is 13.6. The molecule has 116 valence electrons. The number of carbonyl (C=O) groups excluding carboxylic acids is 1. The van der Waals surface area contributed by atoms with Gasteiger partial charge in [-0.1, -0.05) is 48.0 Å². The first-order valence-electron chi connectivity index (χ1n) is 7.52. The van der Waals surface area contributed by atoms with Crippen molar-refractivity contribution in [2.75, 3.05) is 6.61 Å². The van der Waals surface area contributed by atoms with Crippen molar-refractivity contribution < 1.29 is 9.53 Å². The van der Waals surface area contributed by atoms with Gasteiger partial charge in [-0.15, -0.1) is 0 Å². The van der Waals surface area contributed by atoms with Crippen molar-refractivity contribution in [1.29, 1.82) is 0 Å². The van der Waals surface area contributed by atoms with Crippen molar-refractivity contribution in [3.63, 3.8) is 0 Å². The van der Waals surface area contributed by atoms with Gasteiger partial charge >= 0.3 is 0 Å². The van der Waals surface area contributed by atoms with E-state index in [-0.39, 0.29) is 18.6 Å². The standard InChI is InChI=1S/C19H23NO2/c1-13-10-14(2)19(15(3)11-13)22-12-18(21)20-16(4)17-8-6-5-7-9-17/h5-11,16H,12H2,1-4H3,(H,20,21)/t16-/m0/s1. The molecule has 2 aromatic carbocycles. The highest BCUT2D eigenvalue weighted by Gasteiger charge is 2.11. The van der Waals surface area contributed by atoms with Crippen LogP contribution in [0.4, 0.5) is 0 Å². The second kappa shape index (κ2) is 7.12.